The summed E-state index contributed by atoms with van der Waals surface area (Å²) in [5.41, 5.74) is 0.359. The van der Waals surface area contributed by atoms with E-state index in [1.807, 2.05) is 30.3 Å². The minimum absolute atomic E-state index is 0.111. The Bertz CT molecular complexity index is 1160. The van der Waals surface area contributed by atoms with E-state index < -0.39 is 42.5 Å². The lowest BCUT2D eigenvalue weighted by atomic mass is 9.64. The second kappa shape index (κ2) is 9.16. The summed E-state index contributed by atoms with van der Waals surface area (Å²) in [5.74, 6) is -1.12. The molecule has 1 aromatic heterocycles. The Morgan fingerprint density at radius 2 is 1.91 bits per heavy atom. The SMILES string of the molecule is Cc1cc(NC(=O)COC(=O)CN2C(=O)N[C@]3(C[C@@H](C)CC(C)(C)C3)C2=O)n(-c2ccccc2)n1. The first-order chi connectivity index (χ1) is 16.5. The van der Waals surface area contributed by atoms with Gasteiger partial charge in [0.1, 0.15) is 17.9 Å². The average Bonchev–Trinajstić information content (AvgIpc) is 3.23. The number of amides is 4. The third-order valence-corrected chi connectivity index (χ3v) is 6.38. The minimum Gasteiger partial charge on any atom is -0.454 e. The Kier molecular flexibility index (Phi) is 6.40. The molecule has 2 heterocycles. The molecule has 1 saturated heterocycles. The number of urea groups is 1. The first-order valence-electron chi connectivity index (χ1n) is 11.7. The molecule has 1 aliphatic heterocycles. The van der Waals surface area contributed by atoms with Crippen LogP contribution in [0.15, 0.2) is 36.4 Å². The number of ether oxygens (including phenoxy) is 1. The van der Waals surface area contributed by atoms with Gasteiger partial charge in [-0.2, -0.15) is 5.10 Å². The van der Waals surface area contributed by atoms with E-state index in [0.29, 0.717) is 24.4 Å². The second-order valence-electron chi connectivity index (χ2n) is 10.4. The van der Waals surface area contributed by atoms with Gasteiger partial charge in [0.15, 0.2) is 6.61 Å². The van der Waals surface area contributed by atoms with Gasteiger partial charge < -0.3 is 15.4 Å². The van der Waals surface area contributed by atoms with Crippen LogP contribution in [0.2, 0.25) is 0 Å². The number of anilines is 1. The first-order valence-corrected chi connectivity index (χ1v) is 11.7. The molecular weight excluding hydrogens is 450 g/mol. The van der Waals surface area contributed by atoms with Crippen molar-refractivity contribution in [2.24, 2.45) is 11.3 Å². The molecule has 1 aliphatic carbocycles. The Labute approximate surface area is 204 Å². The highest BCUT2D eigenvalue weighted by Crippen LogP contribution is 2.46. The number of aryl methyl sites for hydroxylation is 1. The number of aromatic nitrogens is 2. The Morgan fingerprint density at radius 1 is 1.20 bits per heavy atom. The predicted molar refractivity (Wildman–Crippen MR) is 128 cm³/mol. The number of carbonyl (C=O) groups is 4. The molecule has 4 amide bonds. The molecule has 186 valence electrons. The quantitative estimate of drug-likeness (QED) is 0.483. The third kappa shape index (κ3) is 5.21. The number of rotatable bonds is 6. The maximum atomic E-state index is 13.2. The highest BCUT2D eigenvalue weighted by atomic mass is 16.5. The van der Waals surface area contributed by atoms with Gasteiger partial charge in [-0.1, -0.05) is 39.0 Å². The Morgan fingerprint density at radius 3 is 2.60 bits per heavy atom. The molecule has 2 aromatic rings. The topological polar surface area (TPSA) is 123 Å². The maximum Gasteiger partial charge on any atom is 0.326 e. The molecule has 2 aliphatic rings. The van der Waals surface area contributed by atoms with Crippen molar-refractivity contribution in [2.75, 3.05) is 18.5 Å². The van der Waals surface area contributed by atoms with E-state index in [4.69, 9.17) is 4.74 Å². The van der Waals surface area contributed by atoms with Crippen LogP contribution >= 0.6 is 0 Å². The Hall–Kier alpha value is -3.69. The van der Waals surface area contributed by atoms with Gasteiger partial charge in [-0.25, -0.2) is 9.48 Å². The lowest BCUT2D eigenvalue weighted by Gasteiger charge is -2.43. The van der Waals surface area contributed by atoms with Crippen LogP contribution < -0.4 is 10.6 Å². The number of hydrogen-bond donors (Lipinski definition) is 2. The summed E-state index contributed by atoms with van der Waals surface area (Å²) in [6.45, 7) is 6.90. The highest BCUT2D eigenvalue weighted by molar-refractivity contribution is 6.09. The monoisotopic (exact) mass is 481 g/mol. The standard InChI is InChI=1S/C25H31N5O5/c1-16-11-24(3,4)15-25(12-16)22(33)29(23(34)27-25)13-21(32)35-14-20(31)26-19-10-17(2)28-30(19)18-8-6-5-7-9-18/h5-10,16H,11-15H2,1-4H3,(H,26,31)(H,27,34)/t16-,25-/m0/s1. The van der Waals surface area contributed by atoms with Crippen molar-refractivity contribution in [1.29, 1.82) is 0 Å². The van der Waals surface area contributed by atoms with E-state index in [1.54, 1.807) is 17.7 Å². The Balaban J connectivity index is 1.34. The highest BCUT2D eigenvalue weighted by Gasteiger charge is 2.56. The number of para-hydroxylation sites is 1. The lowest BCUT2D eigenvalue weighted by molar-refractivity contribution is -0.150. The molecule has 0 unspecified atom stereocenters. The van der Waals surface area contributed by atoms with Crippen molar-refractivity contribution in [2.45, 2.75) is 52.5 Å². The van der Waals surface area contributed by atoms with Crippen molar-refractivity contribution < 1.29 is 23.9 Å². The van der Waals surface area contributed by atoms with Crippen LogP contribution in [0.25, 0.3) is 5.69 Å². The van der Waals surface area contributed by atoms with E-state index in [0.717, 1.165) is 17.0 Å². The van der Waals surface area contributed by atoms with Crippen LogP contribution in [-0.4, -0.2) is 57.2 Å². The molecule has 4 rings (SSSR count). The number of imide groups is 1. The molecule has 10 heteroatoms. The van der Waals surface area contributed by atoms with Gasteiger partial charge in [-0.05, 0) is 49.7 Å². The third-order valence-electron chi connectivity index (χ3n) is 6.38. The molecule has 10 nitrogen and oxygen atoms in total. The number of carbonyl (C=O) groups excluding carboxylic acids is 4. The zero-order chi connectivity index (χ0) is 25.4. The number of benzene rings is 1. The van der Waals surface area contributed by atoms with Gasteiger partial charge in [-0.3, -0.25) is 19.3 Å². The number of esters is 1. The van der Waals surface area contributed by atoms with Gasteiger partial charge in [0.05, 0.1) is 11.4 Å². The average molecular weight is 482 g/mol. The normalized spacial score (nSPS) is 23.3. The summed E-state index contributed by atoms with van der Waals surface area (Å²) in [6.07, 6.45) is 2.00. The van der Waals surface area contributed by atoms with Crippen LogP contribution in [-0.2, 0) is 19.1 Å². The van der Waals surface area contributed by atoms with E-state index in [2.05, 4.69) is 36.5 Å². The maximum absolute atomic E-state index is 13.2. The van der Waals surface area contributed by atoms with Crippen molar-refractivity contribution in [1.82, 2.24) is 20.0 Å². The second-order valence-corrected chi connectivity index (χ2v) is 10.4. The number of nitrogens with one attached hydrogen (secondary N) is 2. The number of hydrogen-bond acceptors (Lipinski definition) is 6. The van der Waals surface area contributed by atoms with Gasteiger partial charge in [0, 0.05) is 6.07 Å². The van der Waals surface area contributed by atoms with Gasteiger partial charge in [-0.15, -0.1) is 0 Å². The summed E-state index contributed by atoms with van der Waals surface area (Å²) in [7, 11) is 0. The molecular formula is C25H31N5O5. The van der Waals surface area contributed by atoms with E-state index in [1.165, 1.54) is 0 Å². The molecule has 0 radical (unpaired) electrons. The summed E-state index contributed by atoms with van der Waals surface area (Å²) in [6, 6.07) is 10.4. The molecule has 1 spiro atoms. The number of nitrogens with zero attached hydrogens (tertiary/aromatic N) is 3. The molecule has 2 N–H and O–H groups in total. The predicted octanol–water partition coefficient (Wildman–Crippen LogP) is 2.80. The van der Waals surface area contributed by atoms with Crippen molar-refractivity contribution in [3.8, 4) is 5.69 Å². The van der Waals surface area contributed by atoms with Crippen LogP contribution in [0, 0.1) is 18.3 Å². The summed E-state index contributed by atoms with van der Waals surface area (Å²) in [4.78, 5) is 51.5. The van der Waals surface area contributed by atoms with E-state index in [9.17, 15) is 19.2 Å². The minimum atomic E-state index is -0.996. The molecule has 35 heavy (non-hydrogen) atoms. The summed E-state index contributed by atoms with van der Waals surface area (Å²) < 4.78 is 6.65. The van der Waals surface area contributed by atoms with Crippen molar-refractivity contribution in [3.05, 3.63) is 42.1 Å². The molecule has 2 atom stereocenters. The molecule has 1 aromatic carbocycles. The molecule has 2 fully saturated rings. The fraction of sp³-hybridized carbons (Fsp3) is 0.480. The first kappa shape index (κ1) is 24.4. The van der Waals surface area contributed by atoms with Crippen LogP contribution in [0.1, 0.15) is 45.7 Å². The van der Waals surface area contributed by atoms with Crippen LogP contribution in [0.3, 0.4) is 0 Å². The zero-order valence-corrected chi connectivity index (χ0v) is 20.5. The smallest absolute Gasteiger partial charge is 0.326 e. The molecule has 0 bridgehead atoms. The summed E-state index contributed by atoms with van der Waals surface area (Å²) >= 11 is 0. The zero-order valence-electron chi connectivity index (χ0n) is 20.5. The van der Waals surface area contributed by atoms with Gasteiger partial charge in [0.25, 0.3) is 11.8 Å². The van der Waals surface area contributed by atoms with Gasteiger partial charge >= 0.3 is 12.0 Å². The fourth-order valence-electron chi connectivity index (χ4n) is 5.50. The lowest BCUT2D eigenvalue weighted by Crippen LogP contribution is -2.54. The van der Waals surface area contributed by atoms with E-state index >= 15 is 0 Å². The van der Waals surface area contributed by atoms with Crippen molar-refractivity contribution in [3.63, 3.8) is 0 Å². The summed E-state index contributed by atoms with van der Waals surface area (Å²) in [5, 5.41) is 9.88. The van der Waals surface area contributed by atoms with E-state index in [-0.39, 0.29) is 11.3 Å². The van der Waals surface area contributed by atoms with Crippen LogP contribution in [0.4, 0.5) is 10.6 Å². The van der Waals surface area contributed by atoms with Crippen molar-refractivity contribution >= 4 is 29.6 Å². The van der Waals surface area contributed by atoms with Crippen LogP contribution in [0.5, 0.6) is 0 Å². The molecule has 1 saturated carbocycles. The fourth-order valence-corrected chi connectivity index (χ4v) is 5.50. The largest absolute Gasteiger partial charge is 0.454 e. The van der Waals surface area contributed by atoms with Gasteiger partial charge in [0.2, 0.25) is 0 Å².